The lowest BCUT2D eigenvalue weighted by Gasteiger charge is -2.15. The molecular weight excluding hydrogens is 358 g/mol. The van der Waals surface area contributed by atoms with Gasteiger partial charge < -0.3 is 4.90 Å². The minimum Gasteiger partial charge on any atom is -0.334 e. The topological polar surface area (TPSA) is 63.4 Å². The van der Waals surface area contributed by atoms with E-state index in [4.69, 9.17) is 0 Å². The molecule has 0 bridgehead atoms. The molecule has 0 atom stereocenters. The molecule has 27 heavy (non-hydrogen) atoms. The molecule has 0 saturated heterocycles. The van der Waals surface area contributed by atoms with Crippen molar-refractivity contribution in [3.05, 3.63) is 70.6 Å². The molecule has 1 aromatic carbocycles. The van der Waals surface area contributed by atoms with Gasteiger partial charge >= 0.3 is 0 Å². The van der Waals surface area contributed by atoms with E-state index in [0.29, 0.717) is 17.9 Å². The normalized spacial score (nSPS) is 11.1. The fourth-order valence-corrected chi connectivity index (χ4v) is 3.77. The molecule has 3 aromatic heterocycles. The largest absolute Gasteiger partial charge is 0.334 e. The Kier molecular flexibility index (Phi) is 4.45. The fraction of sp³-hybridized carbons (Fsp3) is 0.200. The average molecular weight is 377 g/mol. The standard InChI is InChI=1S/C20H19N5OS/c1-13-9-18-22-17(10-14(2)25(18)23-13)20(26)24(3)11-16-12-27-19(21-16)15-7-5-4-6-8-15/h4-10,12H,11H2,1-3H3. The second-order valence-corrected chi connectivity index (χ2v) is 7.37. The number of nitrogens with zero attached hydrogens (tertiary/aromatic N) is 5. The highest BCUT2D eigenvalue weighted by atomic mass is 32.1. The molecule has 0 spiro atoms. The summed E-state index contributed by atoms with van der Waals surface area (Å²) in [4.78, 5) is 23.6. The smallest absolute Gasteiger partial charge is 0.272 e. The number of aromatic nitrogens is 4. The van der Waals surface area contributed by atoms with E-state index in [2.05, 4.69) is 15.1 Å². The lowest BCUT2D eigenvalue weighted by atomic mass is 10.2. The van der Waals surface area contributed by atoms with E-state index in [1.165, 1.54) is 0 Å². The second kappa shape index (κ2) is 6.92. The van der Waals surface area contributed by atoms with Crippen LogP contribution in [0.3, 0.4) is 0 Å². The fourth-order valence-electron chi connectivity index (χ4n) is 2.95. The molecule has 136 valence electrons. The van der Waals surface area contributed by atoms with Gasteiger partial charge in [-0.25, -0.2) is 14.5 Å². The summed E-state index contributed by atoms with van der Waals surface area (Å²) >= 11 is 1.58. The molecule has 0 N–H and O–H groups in total. The third-order valence-corrected chi connectivity index (χ3v) is 5.21. The van der Waals surface area contributed by atoms with Crippen molar-refractivity contribution in [2.75, 3.05) is 7.05 Å². The number of hydrogen-bond donors (Lipinski definition) is 0. The third kappa shape index (κ3) is 3.46. The van der Waals surface area contributed by atoms with Gasteiger partial charge in [-0.2, -0.15) is 5.10 Å². The molecule has 0 aliphatic rings. The monoisotopic (exact) mass is 377 g/mol. The highest BCUT2D eigenvalue weighted by Gasteiger charge is 2.17. The molecule has 3 heterocycles. The van der Waals surface area contributed by atoms with Gasteiger partial charge in [0.05, 0.1) is 17.9 Å². The lowest BCUT2D eigenvalue weighted by Crippen LogP contribution is -2.27. The van der Waals surface area contributed by atoms with Crippen LogP contribution in [0.2, 0.25) is 0 Å². The van der Waals surface area contributed by atoms with Crippen LogP contribution in [-0.4, -0.2) is 37.4 Å². The van der Waals surface area contributed by atoms with Gasteiger partial charge in [0, 0.05) is 29.8 Å². The Morgan fingerprint density at radius 1 is 1.15 bits per heavy atom. The predicted octanol–water partition coefficient (Wildman–Crippen LogP) is 3.74. The Balaban J connectivity index is 1.54. The van der Waals surface area contributed by atoms with Gasteiger partial charge in [-0.1, -0.05) is 30.3 Å². The summed E-state index contributed by atoms with van der Waals surface area (Å²) in [6.07, 6.45) is 0. The molecule has 0 aliphatic heterocycles. The van der Waals surface area contributed by atoms with E-state index in [1.54, 1.807) is 33.9 Å². The summed E-state index contributed by atoms with van der Waals surface area (Å²) in [5.41, 5.74) is 4.81. The number of amides is 1. The maximum absolute atomic E-state index is 12.8. The van der Waals surface area contributed by atoms with Crippen LogP contribution in [0.25, 0.3) is 16.2 Å². The number of thiazole rings is 1. The zero-order chi connectivity index (χ0) is 19.0. The number of fused-ring (bicyclic) bond motifs is 1. The second-order valence-electron chi connectivity index (χ2n) is 6.51. The molecular formula is C20H19N5OS. The van der Waals surface area contributed by atoms with Crippen molar-refractivity contribution in [3.63, 3.8) is 0 Å². The van der Waals surface area contributed by atoms with E-state index in [9.17, 15) is 4.79 Å². The van der Waals surface area contributed by atoms with Crippen LogP contribution < -0.4 is 0 Å². The number of hydrogen-bond acceptors (Lipinski definition) is 5. The maximum Gasteiger partial charge on any atom is 0.272 e. The van der Waals surface area contributed by atoms with Crippen LogP contribution >= 0.6 is 11.3 Å². The third-order valence-electron chi connectivity index (χ3n) is 4.26. The summed E-state index contributed by atoms with van der Waals surface area (Å²) in [6, 6.07) is 13.7. The van der Waals surface area contributed by atoms with Crippen molar-refractivity contribution in [2.45, 2.75) is 20.4 Å². The van der Waals surface area contributed by atoms with Gasteiger partial charge in [-0.15, -0.1) is 11.3 Å². The minimum absolute atomic E-state index is 0.131. The molecule has 0 radical (unpaired) electrons. The van der Waals surface area contributed by atoms with E-state index < -0.39 is 0 Å². The number of carbonyl (C=O) groups is 1. The Morgan fingerprint density at radius 3 is 2.70 bits per heavy atom. The summed E-state index contributed by atoms with van der Waals surface area (Å²) < 4.78 is 1.75. The van der Waals surface area contributed by atoms with Crippen molar-refractivity contribution in [2.24, 2.45) is 0 Å². The summed E-state index contributed by atoms with van der Waals surface area (Å²) in [5, 5.41) is 7.33. The van der Waals surface area contributed by atoms with Gasteiger partial charge in [0.15, 0.2) is 5.65 Å². The molecule has 0 fully saturated rings. The molecule has 1 amide bonds. The molecule has 0 aliphatic carbocycles. The maximum atomic E-state index is 12.8. The molecule has 6 nitrogen and oxygen atoms in total. The molecule has 0 unspecified atom stereocenters. The molecule has 4 aromatic rings. The number of rotatable bonds is 4. The number of benzene rings is 1. The van der Waals surface area contributed by atoms with Gasteiger partial charge in [0.2, 0.25) is 0 Å². The van der Waals surface area contributed by atoms with Gasteiger partial charge in [-0.05, 0) is 19.9 Å². The minimum atomic E-state index is -0.131. The van der Waals surface area contributed by atoms with Crippen molar-refractivity contribution in [1.82, 2.24) is 24.5 Å². The number of carbonyl (C=O) groups excluding carboxylic acids is 1. The van der Waals surface area contributed by atoms with Crippen LogP contribution in [0.4, 0.5) is 0 Å². The Hall–Kier alpha value is -3.06. The predicted molar refractivity (Wildman–Crippen MR) is 106 cm³/mol. The average Bonchev–Trinajstić information content (AvgIpc) is 3.28. The van der Waals surface area contributed by atoms with E-state index in [1.807, 2.05) is 55.6 Å². The zero-order valence-corrected chi connectivity index (χ0v) is 16.2. The lowest BCUT2D eigenvalue weighted by molar-refractivity contribution is 0.0778. The van der Waals surface area contributed by atoms with Crippen LogP contribution in [0, 0.1) is 13.8 Å². The first-order valence-corrected chi connectivity index (χ1v) is 9.48. The van der Waals surface area contributed by atoms with Crippen LogP contribution in [0.15, 0.2) is 47.8 Å². The van der Waals surface area contributed by atoms with Crippen LogP contribution in [-0.2, 0) is 6.54 Å². The quantitative estimate of drug-likeness (QED) is 0.543. The first-order chi connectivity index (χ1) is 13.0. The van der Waals surface area contributed by atoms with Crippen molar-refractivity contribution in [1.29, 1.82) is 0 Å². The van der Waals surface area contributed by atoms with Crippen molar-refractivity contribution < 1.29 is 4.79 Å². The van der Waals surface area contributed by atoms with Gasteiger partial charge in [0.1, 0.15) is 10.7 Å². The zero-order valence-electron chi connectivity index (χ0n) is 15.4. The van der Waals surface area contributed by atoms with Gasteiger partial charge in [-0.3, -0.25) is 4.79 Å². The number of aryl methyl sites for hydroxylation is 2. The first kappa shape index (κ1) is 17.4. The Morgan fingerprint density at radius 2 is 1.93 bits per heavy atom. The SMILES string of the molecule is Cc1cc2nc(C(=O)N(C)Cc3csc(-c4ccccc4)n3)cc(C)n2n1. The van der Waals surface area contributed by atoms with Crippen molar-refractivity contribution >= 4 is 22.9 Å². The van der Waals surface area contributed by atoms with Gasteiger partial charge in [0.25, 0.3) is 5.91 Å². The van der Waals surface area contributed by atoms with Crippen LogP contribution in [0.5, 0.6) is 0 Å². The van der Waals surface area contributed by atoms with E-state index >= 15 is 0 Å². The summed E-state index contributed by atoms with van der Waals surface area (Å²) in [5.74, 6) is -0.131. The molecule has 7 heteroatoms. The first-order valence-electron chi connectivity index (χ1n) is 8.60. The van der Waals surface area contributed by atoms with Crippen LogP contribution in [0.1, 0.15) is 27.6 Å². The molecule has 4 rings (SSSR count). The van der Waals surface area contributed by atoms with Crippen molar-refractivity contribution in [3.8, 4) is 10.6 Å². The highest BCUT2D eigenvalue weighted by Crippen LogP contribution is 2.24. The van der Waals surface area contributed by atoms with E-state index in [-0.39, 0.29) is 5.91 Å². The Labute approximate surface area is 161 Å². The summed E-state index contributed by atoms with van der Waals surface area (Å²) in [6.45, 7) is 4.27. The summed E-state index contributed by atoms with van der Waals surface area (Å²) in [7, 11) is 1.77. The molecule has 0 saturated carbocycles. The van der Waals surface area contributed by atoms with E-state index in [0.717, 1.165) is 27.7 Å². The highest BCUT2D eigenvalue weighted by molar-refractivity contribution is 7.13. The Bertz CT molecular complexity index is 1120.